The van der Waals surface area contributed by atoms with E-state index in [1.807, 2.05) is 0 Å². The number of nitrogens with zero attached hydrogens (tertiary/aromatic N) is 6. The van der Waals surface area contributed by atoms with Crippen LogP contribution < -0.4 is 0 Å². The van der Waals surface area contributed by atoms with Crippen LogP contribution in [-0.4, -0.2) is 29.9 Å². The molecule has 0 aliphatic rings. The Balaban J connectivity index is 0.000000230. The first-order valence-corrected chi connectivity index (χ1v) is 15.1. The Hall–Kier alpha value is -0.460. The summed E-state index contributed by atoms with van der Waals surface area (Å²) in [5.41, 5.74) is 0. The zero-order valence-corrected chi connectivity index (χ0v) is 28.9. The summed E-state index contributed by atoms with van der Waals surface area (Å²) in [6.07, 6.45) is 9.29. The molecule has 0 fully saturated rings. The van der Waals surface area contributed by atoms with Crippen LogP contribution >= 0.6 is 139 Å². The molecule has 0 spiro atoms. The van der Waals surface area contributed by atoms with Gasteiger partial charge in [-0.15, -0.1) is 0 Å². The quantitative estimate of drug-likeness (QED) is 0.188. The van der Waals surface area contributed by atoms with Gasteiger partial charge in [0, 0.05) is 0 Å². The molecule has 0 aromatic carbocycles. The van der Waals surface area contributed by atoms with Gasteiger partial charge in [-0.05, 0) is 48.6 Å². The number of hydrogen-bond acceptors (Lipinski definition) is 8. The van der Waals surface area contributed by atoms with Crippen molar-refractivity contribution in [2.45, 2.75) is 15.2 Å². The predicted octanol–water partition coefficient (Wildman–Crippen LogP) is 10.6. The number of alkyl halides is 12. The molecule has 8 nitrogen and oxygen atoms in total. The lowest BCUT2D eigenvalue weighted by atomic mass is 10.4. The molecule has 0 aliphatic heterocycles. The Kier molecular flexibility index (Phi) is 12.7. The third-order valence-electron chi connectivity index (χ3n) is 4.20. The van der Waals surface area contributed by atoms with Crippen molar-refractivity contribution in [2.75, 3.05) is 0 Å². The van der Waals surface area contributed by atoms with Crippen molar-refractivity contribution >= 4 is 164 Å². The average molecular weight is 816 g/mol. The smallest absolute Gasteiger partial charge is 0.250 e. The maximum atomic E-state index is 5.76. The summed E-state index contributed by atoms with van der Waals surface area (Å²) in [6.45, 7) is 0. The van der Waals surface area contributed by atoms with E-state index in [0.717, 1.165) is 0 Å². The van der Waals surface area contributed by atoms with Crippen LogP contribution in [0.1, 0.15) is 46.5 Å². The van der Waals surface area contributed by atoms with Gasteiger partial charge in [0.15, 0.2) is 34.9 Å². The second-order valence-corrected chi connectivity index (χ2v) is 16.5. The van der Waals surface area contributed by atoms with Crippen molar-refractivity contribution in [3.63, 3.8) is 0 Å². The maximum Gasteiger partial charge on any atom is 0.250 e. The van der Waals surface area contributed by atoms with Gasteiger partial charge in [-0.25, -0.2) is 29.9 Å². The highest BCUT2D eigenvalue weighted by molar-refractivity contribution is 6.68. The fraction of sp³-hybridized carbons (Fsp3) is 0.182. The minimum atomic E-state index is -1.87. The highest BCUT2D eigenvalue weighted by Crippen LogP contribution is 2.41. The molecule has 4 rings (SSSR count). The molecule has 0 aliphatic carbocycles. The lowest BCUT2D eigenvalue weighted by Gasteiger charge is -2.14. The van der Waals surface area contributed by atoms with Crippen LogP contribution in [0.3, 0.4) is 0 Å². The van der Waals surface area contributed by atoms with Crippen LogP contribution in [0.15, 0.2) is 45.6 Å². The van der Waals surface area contributed by atoms with Gasteiger partial charge in [0.2, 0.25) is 15.2 Å². The molecule has 0 saturated heterocycles. The average Bonchev–Trinajstić information content (AvgIpc) is 3.59. The Bertz CT molecular complexity index is 1340. The maximum absolute atomic E-state index is 5.76. The molecule has 0 saturated carbocycles. The van der Waals surface area contributed by atoms with Gasteiger partial charge >= 0.3 is 0 Å². The van der Waals surface area contributed by atoms with Crippen LogP contribution in [0.25, 0.3) is 24.3 Å². The van der Waals surface area contributed by atoms with Crippen molar-refractivity contribution in [1.29, 1.82) is 0 Å². The molecule has 0 amide bonds. The number of halogens is 12. The molecular weight excluding hydrogens is 806 g/mol. The molecule has 0 N–H and O–H groups in total. The summed E-state index contributed by atoms with van der Waals surface area (Å²) in [5, 5.41) is 0. The molecule has 4 aromatic rings. The van der Waals surface area contributed by atoms with E-state index < -0.39 is 15.2 Å². The van der Waals surface area contributed by atoms with E-state index in [2.05, 4.69) is 29.9 Å². The Morgan fingerprint density at radius 3 is 0.929 bits per heavy atom. The summed E-state index contributed by atoms with van der Waals surface area (Å²) >= 11 is 69.1. The van der Waals surface area contributed by atoms with Gasteiger partial charge < -0.3 is 8.83 Å². The Labute approximate surface area is 298 Å². The van der Waals surface area contributed by atoms with E-state index in [1.165, 1.54) is 24.7 Å². The zero-order chi connectivity index (χ0) is 31.3. The fourth-order valence-corrected chi connectivity index (χ4v) is 3.54. The molecule has 20 heteroatoms. The van der Waals surface area contributed by atoms with Gasteiger partial charge in [-0.2, -0.15) is 0 Å². The van der Waals surface area contributed by atoms with E-state index in [-0.39, 0.29) is 34.9 Å². The normalized spacial score (nSPS) is 13.0. The first kappa shape index (κ1) is 36.0. The predicted molar refractivity (Wildman–Crippen MR) is 172 cm³/mol. The summed E-state index contributed by atoms with van der Waals surface area (Å²) in [4.78, 5) is 23.7. The SMILES string of the molecule is ClC(Cl)(Cl)c1nc(C=Cc2ccco2)nc(C(Cl)(Cl)Cl)n1.ClC(Cl)(Cl)c1nc(C=Cc2ccco2)nc(C(Cl)(Cl)Cl)n1. The summed E-state index contributed by atoms with van der Waals surface area (Å²) in [7, 11) is 0. The van der Waals surface area contributed by atoms with Gasteiger partial charge in [0.05, 0.1) is 12.5 Å². The van der Waals surface area contributed by atoms with Crippen LogP contribution in [0.2, 0.25) is 0 Å². The molecule has 224 valence electrons. The summed E-state index contributed by atoms with van der Waals surface area (Å²) in [6, 6.07) is 6.94. The van der Waals surface area contributed by atoms with Crippen LogP contribution in [-0.2, 0) is 15.2 Å². The van der Waals surface area contributed by atoms with Crippen molar-refractivity contribution in [2.24, 2.45) is 0 Å². The van der Waals surface area contributed by atoms with Crippen LogP contribution in [0.5, 0.6) is 0 Å². The van der Waals surface area contributed by atoms with E-state index in [1.54, 1.807) is 36.4 Å². The highest BCUT2D eigenvalue weighted by atomic mass is 35.6. The van der Waals surface area contributed by atoms with Crippen LogP contribution in [0.4, 0.5) is 0 Å². The molecule has 42 heavy (non-hydrogen) atoms. The van der Waals surface area contributed by atoms with E-state index in [0.29, 0.717) is 11.5 Å². The lowest BCUT2D eigenvalue weighted by molar-refractivity contribution is 0.557. The minimum Gasteiger partial charge on any atom is -0.465 e. The van der Waals surface area contributed by atoms with E-state index in [9.17, 15) is 0 Å². The first-order chi connectivity index (χ1) is 19.3. The molecule has 4 aromatic heterocycles. The van der Waals surface area contributed by atoms with Crippen molar-refractivity contribution in [3.8, 4) is 0 Å². The third-order valence-corrected chi connectivity index (χ3v) is 6.23. The number of hydrogen-bond donors (Lipinski definition) is 0. The van der Waals surface area contributed by atoms with E-state index >= 15 is 0 Å². The topological polar surface area (TPSA) is 104 Å². The number of furan rings is 2. The molecule has 0 unspecified atom stereocenters. The number of rotatable bonds is 4. The van der Waals surface area contributed by atoms with Crippen molar-refractivity contribution in [1.82, 2.24) is 29.9 Å². The van der Waals surface area contributed by atoms with Gasteiger partial charge in [0.25, 0.3) is 0 Å². The Morgan fingerprint density at radius 2 is 0.714 bits per heavy atom. The zero-order valence-electron chi connectivity index (χ0n) is 19.8. The molecule has 0 radical (unpaired) electrons. The van der Waals surface area contributed by atoms with Gasteiger partial charge in [-0.3, -0.25) is 0 Å². The summed E-state index contributed by atoms with van der Waals surface area (Å²) in [5.74, 6) is 0.882. The fourth-order valence-electron chi connectivity index (χ4n) is 2.53. The van der Waals surface area contributed by atoms with Crippen molar-refractivity contribution < 1.29 is 8.83 Å². The molecule has 4 heterocycles. The van der Waals surface area contributed by atoms with Gasteiger partial charge in [-0.1, -0.05) is 139 Å². The highest BCUT2D eigenvalue weighted by Gasteiger charge is 2.34. The first-order valence-electron chi connectivity index (χ1n) is 10.6. The molecular formula is C22H10Cl12N6O2. The minimum absolute atomic E-state index is 0.150. The van der Waals surface area contributed by atoms with Crippen LogP contribution in [0, 0.1) is 0 Å². The third kappa shape index (κ3) is 11.5. The summed E-state index contributed by atoms with van der Waals surface area (Å²) < 4.78 is 2.78. The molecule has 0 bridgehead atoms. The van der Waals surface area contributed by atoms with Crippen molar-refractivity contribution in [3.05, 3.63) is 83.3 Å². The lowest BCUT2D eigenvalue weighted by Crippen LogP contribution is -2.16. The second kappa shape index (κ2) is 14.8. The monoisotopic (exact) mass is 810 g/mol. The second-order valence-electron chi connectivity index (χ2n) is 7.37. The van der Waals surface area contributed by atoms with E-state index in [4.69, 9.17) is 148 Å². The standard InChI is InChI=1S/2C11H5Cl6N3O/c2*12-10(13,14)8-18-7(4-3-6-2-1-5-21-6)19-9(20-8)11(15,16)17/h2*1-5H. The largest absolute Gasteiger partial charge is 0.465 e. The Morgan fingerprint density at radius 1 is 0.429 bits per heavy atom. The van der Waals surface area contributed by atoms with Gasteiger partial charge in [0.1, 0.15) is 11.5 Å². The molecule has 0 atom stereocenters. The number of aromatic nitrogens is 6.